The molecule has 1 heteroatoms. The largest absolute Gasteiger partial charge is 0.205 e. The second kappa shape index (κ2) is 16.6. The van der Waals surface area contributed by atoms with Crippen LogP contribution in [0.15, 0.2) is 24.5 Å². The van der Waals surface area contributed by atoms with Gasteiger partial charge in [0.1, 0.15) is 6.54 Å². The molecule has 144 valence electrons. The first-order valence-electron chi connectivity index (χ1n) is 11.3. The predicted molar refractivity (Wildman–Crippen MR) is 111 cm³/mol. The molecule has 1 aromatic rings. The zero-order chi connectivity index (χ0) is 18.0. The van der Waals surface area contributed by atoms with Gasteiger partial charge in [-0.05, 0) is 25.8 Å². The normalized spacial score (nSPS) is 11.1. The molecule has 0 aromatic carbocycles. The first-order valence-corrected chi connectivity index (χ1v) is 11.3. The minimum atomic E-state index is 1.08. The average molecular weight is 347 g/mol. The SMILES string of the molecule is CCCCCCCCCCCCCCCCCc1ccc[n+](CC)c1. The predicted octanol–water partition coefficient (Wildman–Crippen LogP) is 7.41. The fourth-order valence-electron chi connectivity index (χ4n) is 3.62. The number of unbranched alkanes of at least 4 members (excludes halogenated alkanes) is 14. The van der Waals surface area contributed by atoms with Gasteiger partial charge in [0.25, 0.3) is 0 Å². The van der Waals surface area contributed by atoms with Gasteiger partial charge in [0.15, 0.2) is 12.4 Å². The Kier molecular flexibility index (Phi) is 14.7. The monoisotopic (exact) mass is 346 g/mol. The fraction of sp³-hybridized carbons (Fsp3) is 0.792. The lowest BCUT2D eigenvalue weighted by Crippen LogP contribution is -2.31. The van der Waals surface area contributed by atoms with Crippen LogP contribution in [-0.2, 0) is 13.0 Å². The summed E-state index contributed by atoms with van der Waals surface area (Å²) in [6.45, 7) is 5.58. The zero-order valence-electron chi connectivity index (χ0n) is 17.3. The van der Waals surface area contributed by atoms with Crippen LogP contribution >= 0.6 is 0 Å². The Morgan fingerprint density at radius 1 is 0.640 bits per heavy atom. The van der Waals surface area contributed by atoms with Gasteiger partial charge in [0, 0.05) is 11.6 Å². The third-order valence-corrected chi connectivity index (χ3v) is 5.35. The number of nitrogens with zero attached hydrogens (tertiary/aromatic N) is 1. The topological polar surface area (TPSA) is 3.88 Å². The molecule has 1 heterocycles. The van der Waals surface area contributed by atoms with Gasteiger partial charge in [-0.3, -0.25) is 0 Å². The van der Waals surface area contributed by atoms with E-state index < -0.39 is 0 Å². The van der Waals surface area contributed by atoms with Crippen LogP contribution in [0.5, 0.6) is 0 Å². The molecule has 0 saturated heterocycles. The van der Waals surface area contributed by atoms with Gasteiger partial charge in [-0.15, -0.1) is 0 Å². The Labute approximate surface area is 158 Å². The van der Waals surface area contributed by atoms with Crippen LogP contribution in [0.3, 0.4) is 0 Å². The Balaban J connectivity index is 1.80. The molecule has 0 radical (unpaired) electrons. The Hall–Kier alpha value is -0.850. The maximum Gasteiger partial charge on any atom is 0.171 e. The van der Waals surface area contributed by atoms with Gasteiger partial charge < -0.3 is 0 Å². The number of pyridine rings is 1. The molecule has 1 rings (SSSR count). The molecular weight excluding hydrogens is 302 g/mol. The highest BCUT2D eigenvalue weighted by Crippen LogP contribution is 2.14. The molecule has 0 atom stereocenters. The minimum Gasteiger partial charge on any atom is -0.205 e. The van der Waals surface area contributed by atoms with Crippen molar-refractivity contribution in [2.45, 2.75) is 123 Å². The van der Waals surface area contributed by atoms with E-state index in [1.54, 1.807) is 0 Å². The number of hydrogen-bond acceptors (Lipinski definition) is 0. The van der Waals surface area contributed by atoms with Crippen molar-refractivity contribution >= 4 is 0 Å². The van der Waals surface area contributed by atoms with Crippen molar-refractivity contribution in [3.63, 3.8) is 0 Å². The molecule has 0 bridgehead atoms. The van der Waals surface area contributed by atoms with Crippen molar-refractivity contribution in [1.82, 2.24) is 0 Å². The van der Waals surface area contributed by atoms with Crippen LogP contribution in [0.25, 0.3) is 0 Å². The van der Waals surface area contributed by atoms with E-state index in [0.29, 0.717) is 0 Å². The summed E-state index contributed by atoms with van der Waals surface area (Å²) in [6, 6.07) is 4.46. The average Bonchev–Trinajstić information content (AvgIpc) is 2.65. The number of aryl methyl sites for hydroxylation is 2. The van der Waals surface area contributed by atoms with Crippen LogP contribution in [0.2, 0.25) is 0 Å². The number of hydrogen-bond donors (Lipinski definition) is 0. The molecule has 0 N–H and O–H groups in total. The Bertz CT molecular complexity index is 399. The van der Waals surface area contributed by atoms with Crippen LogP contribution in [-0.4, -0.2) is 0 Å². The van der Waals surface area contributed by atoms with Crippen molar-refractivity contribution in [3.8, 4) is 0 Å². The van der Waals surface area contributed by atoms with Gasteiger partial charge >= 0.3 is 0 Å². The van der Waals surface area contributed by atoms with E-state index >= 15 is 0 Å². The van der Waals surface area contributed by atoms with Crippen molar-refractivity contribution in [1.29, 1.82) is 0 Å². The molecule has 0 saturated carbocycles. The maximum atomic E-state index is 2.31. The quantitative estimate of drug-likeness (QED) is 0.204. The van der Waals surface area contributed by atoms with Crippen molar-refractivity contribution < 1.29 is 4.57 Å². The van der Waals surface area contributed by atoms with E-state index in [4.69, 9.17) is 0 Å². The molecule has 0 unspecified atom stereocenters. The summed E-state index contributed by atoms with van der Waals surface area (Å²) in [6.07, 6.45) is 27.4. The van der Waals surface area contributed by atoms with Crippen molar-refractivity contribution in [3.05, 3.63) is 30.1 Å². The van der Waals surface area contributed by atoms with E-state index in [9.17, 15) is 0 Å². The van der Waals surface area contributed by atoms with Gasteiger partial charge in [-0.2, -0.15) is 0 Å². The number of rotatable bonds is 17. The second-order valence-electron chi connectivity index (χ2n) is 7.74. The lowest BCUT2D eigenvalue weighted by Gasteiger charge is -2.03. The van der Waals surface area contributed by atoms with E-state index in [0.717, 1.165) is 6.54 Å². The minimum absolute atomic E-state index is 1.08. The first kappa shape index (κ1) is 22.2. The van der Waals surface area contributed by atoms with Crippen LogP contribution in [0.1, 0.15) is 116 Å². The van der Waals surface area contributed by atoms with E-state index in [2.05, 4.69) is 42.9 Å². The highest BCUT2D eigenvalue weighted by Gasteiger charge is 2.00. The molecule has 1 aromatic heterocycles. The zero-order valence-corrected chi connectivity index (χ0v) is 17.3. The van der Waals surface area contributed by atoms with Crippen LogP contribution in [0.4, 0.5) is 0 Å². The lowest BCUT2D eigenvalue weighted by atomic mass is 10.0. The number of aromatic nitrogens is 1. The summed E-state index contributed by atoms with van der Waals surface area (Å²) in [5, 5.41) is 0. The Morgan fingerprint density at radius 2 is 1.12 bits per heavy atom. The fourth-order valence-corrected chi connectivity index (χ4v) is 3.62. The van der Waals surface area contributed by atoms with Gasteiger partial charge in [-0.1, -0.05) is 96.8 Å². The molecule has 0 aliphatic heterocycles. The van der Waals surface area contributed by atoms with Gasteiger partial charge in [0.2, 0.25) is 0 Å². The first-order chi connectivity index (χ1) is 12.4. The molecule has 0 fully saturated rings. The summed E-state index contributed by atoms with van der Waals surface area (Å²) in [5.41, 5.74) is 1.50. The smallest absolute Gasteiger partial charge is 0.171 e. The Morgan fingerprint density at radius 3 is 1.60 bits per heavy atom. The highest BCUT2D eigenvalue weighted by molar-refractivity contribution is 5.05. The van der Waals surface area contributed by atoms with Crippen molar-refractivity contribution in [2.75, 3.05) is 0 Å². The third kappa shape index (κ3) is 13.1. The lowest BCUT2D eigenvalue weighted by molar-refractivity contribution is -0.694. The summed E-state index contributed by atoms with van der Waals surface area (Å²) in [4.78, 5) is 0. The molecular formula is C24H44N+. The van der Waals surface area contributed by atoms with E-state index in [1.807, 2.05) is 0 Å². The van der Waals surface area contributed by atoms with Gasteiger partial charge in [-0.25, -0.2) is 4.57 Å². The van der Waals surface area contributed by atoms with Gasteiger partial charge in [0.05, 0.1) is 0 Å². The second-order valence-corrected chi connectivity index (χ2v) is 7.74. The summed E-state index contributed by atoms with van der Waals surface area (Å²) in [7, 11) is 0. The third-order valence-electron chi connectivity index (χ3n) is 5.35. The summed E-state index contributed by atoms with van der Waals surface area (Å²) in [5.74, 6) is 0. The maximum absolute atomic E-state index is 2.31. The molecule has 0 aliphatic carbocycles. The highest BCUT2D eigenvalue weighted by atomic mass is 14.9. The molecule has 0 amide bonds. The molecule has 0 aliphatic rings. The van der Waals surface area contributed by atoms with Crippen molar-refractivity contribution in [2.24, 2.45) is 0 Å². The van der Waals surface area contributed by atoms with E-state index in [-0.39, 0.29) is 0 Å². The standard InChI is InChI=1S/C24H44N/c1-3-5-6-7-8-9-10-11-12-13-14-15-16-17-18-20-24-21-19-22-25(4-2)23-24/h19,21-23H,3-18,20H2,1-2H3/q+1. The van der Waals surface area contributed by atoms with Crippen LogP contribution in [0, 0.1) is 0 Å². The van der Waals surface area contributed by atoms with Crippen LogP contribution < -0.4 is 4.57 Å². The summed E-state index contributed by atoms with van der Waals surface area (Å²) >= 11 is 0. The van der Waals surface area contributed by atoms with E-state index in [1.165, 1.54) is 108 Å². The summed E-state index contributed by atoms with van der Waals surface area (Å²) < 4.78 is 2.28. The molecule has 1 nitrogen and oxygen atoms in total. The molecule has 0 spiro atoms. The molecule has 25 heavy (non-hydrogen) atoms.